The first-order valence-electron chi connectivity index (χ1n) is 13.7. The lowest BCUT2D eigenvalue weighted by atomic mass is 9.83. The molecule has 7 nitrogen and oxygen atoms in total. The van der Waals surface area contributed by atoms with Gasteiger partial charge in [-0.15, -0.1) is 0 Å². The lowest BCUT2D eigenvalue weighted by molar-refractivity contribution is -0.136. The molecule has 3 aliphatic rings. The number of benzene rings is 3. The summed E-state index contributed by atoms with van der Waals surface area (Å²) >= 11 is 0. The molecule has 3 heterocycles. The van der Waals surface area contributed by atoms with Gasteiger partial charge in [-0.25, -0.2) is 0 Å². The van der Waals surface area contributed by atoms with Crippen molar-refractivity contribution < 1.29 is 29.2 Å². The maximum Gasteiger partial charge on any atom is 0.303 e. The number of likely N-dealkylation sites (tertiary alicyclic amines) is 1. The van der Waals surface area contributed by atoms with E-state index in [9.17, 15) is 9.90 Å². The molecule has 39 heavy (non-hydrogen) atoms. The standard InChI is InChI=1S/C32H33NO6/c34-23-8-12-26-28(19-23)38-20-27-25-11-4-21(5-13-30(35)36)18-29(25)39-32(31(26)27)22-6-9-24(10-7-22)37-17-16-33-14-2-1-3-15-33/h4,6-12,18-19,32,34H,1-3,5,13-17,20H2,(H,35,36). The highest BCUT2D eigenvalue weighted by molar-refractivity contribution is 5.99. The molecule has 1 unspecified atom stereocenters. The predicted octanol–water partition coefficient (Wildman–Crippen LogP) is 5.71. The molecular weight excluding hydrogens is 494 g/mol. The number of phenols is 1. The number of ether oxygens (including phenoxy) is 3. The van der Waals surface area contributed by atoms with E-state index in [4.69, 9.17) is 19.3 Å². The topological polar surface area (TPSA) is 88.5 Å². The van der Waals surface area contributed by atoms with Crippen molar-refractivity contribution in [1.29, 1.82) is 0 Å². The van der Waals surface area contributed by atoms with Crippen LogP contribution in [0.3, 0.4) is 0 Å². The second-order valence-electron chi connectivity index (χ2n) is 10.4. The highest BCUT2D eigenvalue weighted by Gasteiger charge is 2.35. The predicted molar refractivity (Wildman–Crippen MR) is 148 cm³/mol. The van der Waals surface area contributed by atoms with Gasteiger partial charge < -0.3 is 24.4 Å². The first-order chi connectivity index (χ1) is 19.0. The largest absolute Gasteiger partial charge is 0.508 e. The second-order valence-corrected chi connectivity index (χ2v) is 10.4. The molecule has 0 saturated carbocycles. The molecule has 0 aromatic heterocycles. The summed E-state index contributed by atoms with van der Waals surface area (Å²) in [7, 11) is 0. The minimum absolute atomic E-state index is 0.0648. The van der Waals surface area contributed by atoms with Crippen LogP contribution in [0.5, 0.6) is 23.0 Å². The molecule has 1 fully saturated rings. The Morgan fingerprint density at radius 3 is 2.54 bits per heavy atom. The Kier molecular flexibility index (Phi) is 7.16. The molecule has 2 N–H and O–H groups in total. The second kappa shape index (κ2) is 11.0. The van der Waals surface area contributed by atoms with Gasteiger partial charge in [0.05, 0.1) is 0 Å². The summed E-state index contributed by atoms with van der Waals surface area (Å²) in [6.45, 7) is 4.26. The number of carboxylic acid groups (broad SMARTS) is 1. The number of nitrogens with zero attached hydrogens (tertiary/aromatic N) is 1. The van der Waals surface area contributed by atoms with Crippen molar-refractivity contribution in [3.05, 3.63) is 82.9 Å². The first-order valence-corrected chi connectivity index (χ1v) is 13.7. The van der Waals surface area contributed by atoms with Crippen LogP contribution < -0.4 is 14.2 Å². The fourth-order valence-corrected chi connectivity index (χ4v) is 5.72. The summed E-state index contributed by atoms with van der Waals surface area (Å²) in [6, 6.07) is 19.1. The summed E-state index contributed by atoms with van der Waals surface area (Å²) < 4.78 is 18.8. The molecule has 0 radical (unpaired) electrons. The summed E-state index contributed by atoms with van der Waals surface area (Å²) in [6.07, 6.45) is 3.97. The minimum atomic E-state index is -0.824. The highest BCUT2D eigenvalue weighted by Crippen LogP contribution is 2.51. The van der Waals surface area contributed by atoms with Gasteiger partial charge in [0.2, 0.25) is 0 Å². The summed E-state index contributed by atoms with van der Waals surface area (Å²) in [5.41, 5.74) is 5.77. The maximum atomic E-state index is 11.1. The number of aliphatic carboxylic acids is 1. The smallest absolute Gasteiger partial charge is 0.303 e. The van der Waals surface area contributed by atoms with Gasteiger partial charge in [0.1, 0.15) is 36.2 Å². The summed E-state index contributed by atoms with van der Waals surface area (Å²) in [5, 5.41) is 19.2. The van der Waals surface area contributed by atoms with Gasteiger partial charge in [-0.05, 0) is 73.8 Å². The zero-order valence-corrected chi connectivity index (χ0v) is 21.9. The van der Waals surface area contributed by atoms with E-state index < -0.39 is 12.1 Å². The monoisotopic (exact) mass is 527 g/mol. The minimum Gasteiger partial charge on any atom is -0.508 e. The van der Waals surface area contributed by atoms with E-state index in [2.05, 4.69) is 4.90 Å². The number of piperidine rings is 1. The van der Waals surface area contributed by atoms with Crippen LogP contribution in [0.1, 0.15) is 54.0 Å². The Labute approximate surface area is 228 Å². The maximum absolute atomic E-state index is 11.1. The van der Waals surface area contributed by atoms with E-state index in [0.29, 0.717) is 31.1 Å². The van der Waals surface area contributed by atoms with Crippen molar-refractivity contribution in [1.82, 2.24) is 4.90 Å². The van der Waals surface area contributed by atoms with Crippen molar-refractivity contribution >= 4 is 17.1 Å². The van der Waals surface area contributed by atoms with Crippen molar-refractivity contribution in [3.63, 3.8) is 0 Å². The molecule has 0 amide bonds. The molecule has 7 heteroatoms. The summed E-state index contributed by atoms with van der Waals surface area (Å²) in [4.78, 5) is 13.6. The molecule has 3 aliphatic heterocycles. The SMILES string of the molecule is O=C(O)CCc1ccc2c(c1)OC(c1ccc(OCCN3CCCCC3)cc1)C1=C2COc2cc(O)ccc21. The molecule has 3 aromatic carbocycles. The molecule has 6 rings (SSSR count). The Hall–Kier alpha value is -3.97. The molecule has 1 saturated heterocycles. The lowest BCUT2D eigenvalue weighted by Crippen LogP contribution is -2.33. The van der Waals surface area contributed by atoms with E-state index >= 15 is 0 Å². The number of hydrogen-bond acceptors (Lipinski definition) is 6. The van der Waals surface area contributed by atoms with Crippen LogP contribution in [0.15, 0.2) is 60.7 Å². The highest BCUT2D eigenvalue weighted by atomic mass is 16.5. The van der Waals surface area contributed by atoms with Crippen LogP contribution in [0, 0.1) is 0 Å². The number of hydrogen-bond donors (Lipinski definition) is 2. The number of aromatic hydroxyl groups is 1. The Bertz CT molecular complexity index is 1390. The van der Waals surface area contributed by atoms with Crippen LogP contribution in [0.4, 0.5) is 0 Å². The number of aryl methyl sites for hydroxylation is 1. The Balaban J connectivity index is 1.29. The summed E-state index contributed by atoms with van der Waals surface area (Å²) in [5.74, 6) is 1.50. The number of fused-ring (bicyclic) bond motifs is 4. The molecule has 0 aliphatic carbocycles. The van der Waals surface area contributed by atoms with E-state index in [1.165, 1.54) is 19.3 Å². The average Bonchev–Trinajstić information content (AvgIpc) is 2.96. The quantitative estimate of drug-likeness (QED) is 0.388. The van der Waals surface area contributed by atoms with Crippen molar-refractivity contribution in [3.8, 4) is 23.0 Å². The Morgan fingerprint density at radius 2 is 1.74 bits per heavy atom. The number of rotatable bonds is 8. The van der Waals surface area contributed by atoms with Gasteiger partial charge in [-0.1, -0.05) is 30.7 Å². The van der Waals surface area contributed by atoms with Gasteiger partial charge in [0.15, 0.2) is 6.10 Å². The van der Waals surface area contributed by atoms with E-state index in [1.807, 2.05) is 48.5 Å². The fraction of sp³-hybridized carbons (Fsp3) is 0.344. The zero-order chi connectivity index (χ0) is 26.8. The van der Waals surface area contributed by atoms with Crippen LogP contribution in [0.2, 0.25) is 0 Å². The van der Waals surface area contributed by atoms with Gasteiger partial charge in [-0.3, -0.25) is 9.69 Å². The van der Waals surface area contributed by atoms with Crippen LogP contribution in [-0.4, -0.2) is 53.9 Å². The normalized spacial score (nSPS) is 18.3. The number of carboxylic acids is 1. The lowest BCUT2D eigenvalue weighted by Gasteiger charge is -2.35. The average molecular weight is 528 g/mol. The number of carbonyl (C=O) groups is 1. The third-order valence-electron chi connectivity index (χ3n) is 7.77. The van der Waals surface area contributed by atoms with Crippen LogP contribution in [-0.2, 0) is 11.2 Å². The molecule has 0 spiro atoms. The zero-order valence-electron chi connectivity index (χ0n) is 21.9. The van der Waals surface area contributed by atoms with Gasteiger partial charge in [-0.2, -0.15) is 0 Å². The van der Waals surface area contributed by atoms with E-state index in [-0.39, 0.29) is 12.2 Å². The van der Waals surface area contributed by atoms with Crippen molar-refractivity contribution in [2.45, 2.75) is 38.2 Å². The third kappa shape index (κ3) is 5.45. The third-order valence-corrected chi connectivity index (χ3v) is 7.77. The fourth-order valence-electron chi connectivity index (χ4n) is 5.72. The van der Waals surface area contributed by atoms with E-state index in [0.717, 1.165) is 58.8 Å². The van der Waals surface area contributed by atoms with Gasteiger partial charge in [0, 0.05) is 41.3 Å². The molecule has 0 bridgehead atoms. The van der Waals surface area contributed by atoms with Crippen LogP contribution >= 0.6 is 0 Å². The van der Waals surface area contributed by atoms with Gasteiger partial charge in [0.25, 0.3) is 0 Å². The number of phenolic OH excluding ortho intramolecular Hbond substituents is 1. The van der Waals surface area contributed by atoms with Crippen LogP contribution in [0.25, 0.3) is 11.1 Å². The van der Waals surface area contributed by atoms with Crippen molar-refractivity contribution in [2.75, 3.05) is 32.8 Å². The van der Waals surface area contributed by atoms with Crippen molar-refractivity contribution in [2.24, 2.45) is 0 Å². The molecule has 1 atom stereocenters. The van der Waals surface area contributed by atoms with Gasteiger partial charge >= 0.3 is 5.97 Å². The Morgan fingerprint density at radius 1 is 0.949 bits per heavy atom. The molecular formula is C32H33NO6. The first kappa shape index (κ1) is 25.3. The van der Waals surface area contributed by atoms with E-state index in [1.54, 1.807) is 12.1 Å². The molecule has 3 aromatic rings. The molecule has 202 valence electrons.